The summed E-state index contributed by atoms with van der Waals surface area (Å²) in [5.41, 5.74) is -0.342. The first-order valence-corrected chi connectivity index (χ1v) is 4.76. The maximum atomic E-state index is 10.6. The molecule has 0 spiro atoms. The second-order valence-electron chi connectivity index (χ2n) is 2.31. The van der Waals surface area contributed by atoms with Crippen LogP contribution in [0.15, 0.2) is 24.3 Å². The van der Waals surface area contributed by atoms with Gasteiger partial charge in [-0.25, -0.2) is 4.79 Å². The topological polar surface area (TPSA) is 101 Å². The zero-order valence-electron chi connectivity index (χ0n) is 7.75. The number of benzene rings is 1. The number of rotatable bonds is 3. The zero-order chi connectivity index (χ0) is 10.8. The summed E-state index contributed by atoms with van der Waals surface area (Å²) in [6.07, 6.45) is 0. The van der Waals surface area contributed by atoms with E-state index in [0.29, 0.717) is 0 Å². The van der Waals surface area contributed by atoms with Gasteiger partial charge in [0.2, 0.25) is 0 Å². The van der Waals surface area contributed by atoms with Gasteiger partial charge in [0, 0.05) is 29.6 Å². The smallest absolute Gasteiger partial charge is 0.446 e. The minimum Gasteiger partial charge on any atom is -0.478 e. The molecular weight excluding hydrogens is 235 g/mol. The van der Waals surface area contributed by atoms with Crippen molar-refractivity contribution in [3.05, 3.63) is 29.8 Å². The molecule has 1 radical (unpaired) electrons. The van der Waals surface area contributed by atoms with Crippen LogP contribution in [0.25, 0.3) is 0 Å². The second kappa shape index (κ2) is 5.47. The summed E-state index contributed by atoms with van der Waals surface area (Å²) in [4.78, 5) is 10.6. The van der Waals surface area contributed by atoms with Crippen molar-refractivity contribution >= 4 is 45.9 Å². The minimum absolute atomic E-state index is 0. The standard InChI is InChI=1S/C7H6O6S.Na/c8-7(9)5-3-1-2-4-6(5)13-14(10,11)12;/h1-4H,(H,8,9)(H,10,11,12);. The summed E-state index contributed by atoms with van der Waals surface area (Å²) >= 11 is 0. The second-order valence-corrected chi connectivity index (χ2v) is 3.33. The van der Waals surface area contributed by atoms with Crippen molar-refractivity contribution in [2.24, 2.45) is 0 Å². The largest absolute Gasteiger partial charge is 0.478 e. The average molecular weight is 241 g/mol. The van der Waals surface area contributed by atoms with Crippen molar-refractivity contribution in [2.75, 3.05) is 0 Å². The van der Waals surface area contributed by atoms with Crippen molar-refractivity contribution in [2.45, 2.75) is 0 Å². The number of carboxylic acids is 1. The van der Waals surface area contributed by atoms with E-state index >= 15 is 0 Å². The normalized spacial score (nSPS) is 10.2. The van der Waals surface area contributed by atoms with E-state index in [2.05, 4.69) is 4.18 Å². The molecule has 15 heavy (non-hydrogen) atoms. The van der Waals surface area contributed by atoms with Gasteiger partial charge in [-0.1, -0.05) is 12.1 Å². The van der Waals surface area contributed by atoms with Gasteiger partial charge in [0.05, 0.1) is 0 Å². The number of para-hydroxylation sites is 1. The molecule has 8 heteroatoms. The van der Waals surface area contributed by atoms with E-state index in [-0.39, 0.29) is 35.1 Å². The molecule has 0 amide bonds. The summed E-state index contributed by atoms with van der Waals surface area (Å²) in [7, 11) is -4.70. The van der Waals surface area contributed by atoms with Crippen LogP contribution in [0.2, 0.25) is 0 Å². The van der Waals surface area contributed by atoms with Gasteiger partial charge in [-0.15, -0.1) is 0 Å². The molecule has 0 aliphatic rings. The predicted octanol–water partition coefficient (Wildman–Crippen LogP) is 0.186. The molecule has 0 bridgehead atoms. The van der Waals surface area contributed by atoms with Gasteiger partial charge in [0.25, 0.3) is 0 Å². The number of hydrogen-bond acceptors (Lipinski definition) is 4. The van der Waals surface area contributed by atoms with Crippen molar-refractivity contribution in [1.82, 2.24) is 0 Å². The first kappa shape index (κ1) is 14.4. The van der Waals surface area contributed by atoms with Gasteiger partial charge in [-0.05, 0) is 12.1 Å². The van der Waals surface area contributed by atoms with Crippen LogP contribution in [0, 0.1) is 0 Å². The van der Waals surface area contributed by atoms with Gasteiger partial charge in [-0.3, -0.25) is 4.55 Å². The molecule has 0 saturated heterocycles. The zero-order valence-corrected chi connectivity index (χ0v) is 10.6. The molecule has 0 atom stereocenters. The summed E-state index contributed by atoms with van der Waals surface area (Å²) in [6.45, 7) is 0. The monoisotopic (exact) mass is 241 g/mol. The number of aromatic carboxylic acids is 1. The fraction of sp³-hybridized carbons (Fsp3) is 0. The molecule has 1 rings (SSSR count). The molecule has 1 aromatic rings. The molecule has 0 aliphatic carbocycles. The number of hydrogen-bond donors (Lipinski definition) is 2. The van der Waals surface area contributed by atoms with E-state index in [9.17, 15) is 13.2 Å². The van der Waals surface area contributed by atoms with E-state index < -0.39 is 22.1 Å². The molecule has 0 saturated carbocycles. The van der Waals surface area contributed by atoms with Crippen molar-refractivity contribution in [3.8, 4) is 5.75 Å². The quantitative estimate of drug-likeness (QED) is 0.578. The summed E-state index contributed by atoms with van der Waals surface area (Å²) < 4.78 is 33.0. The Bertz CT molecular complexity index is 454. The van der Waals surface area contributed by atoms with Gasteiger partial charge in [0.15, 0.2) is 5.75 Å². The SMILES string of the molecule is O=C(O)c1ccccc1OS(=O)(=O)O.[Na]. The first-order valence-electron chi connectivity index (χ1n) is 3.39. The van der Waals surface area contributed by atoms with E-state index in [0.717, 1.165) is 12.1 Å². The number of carboxylic acid groups (broad SMARTS) is 1. The Morgan fingerprint density at radius 1 is 1.27 bits per heavy atom. The van der Waals surface area contributed by atoms with Crippen LogP contribution in [0.5, 0.6) is 5.75 Å². The van der Waals surface area contributed by atoms with Crippen LogP contribution in [0.3, 0.4) is 0 Å². The predicted molar refractivity (Wildman–Crippen MR) is 51.3 cm³/mol. The van der Waals surface area contributed by atoms with Crippen LogP contribution in [-0.2, 0) is 10.4 Å². The molecular formula is C7H6NaO6S. The van der Waals surface area contributed by atoms with Crippen LogP contribution >= 0.6 is 0 Å². The Morgan fingerprint density at radius 2 is 1.80 bits per heavy atom. The van der Waals surface area contributed by atoms with Crippen LogP contribution in [-0.4, -0.2) is 53.6 Å². The Balaban J connectivity index is 0.00000196. The Morgan fingerprint density at radius 3 is 2.27 bits per heavy atom. The molecule has 1 aromatic carbocycles. The first-order chi connectivity index (χ1) is 6.40. The molecule has 0 heterocycles. The van der Waals surface area contributed by atoms with Gasteiger partial charge < -0.3 is 9.29 Å². The van der Waals surface area contributed by atoms with Crippen LogP contribution in [0.4, 0.5) is 0 Å². The van der Waals surface area contributed by atoms with Crippen molar-refractivity contribution in [1.29, 1.82) is 0 Å². The van der Waals surface area contributed by atoms with Gasteiger partial charge in [0.1, 0.15) is 5.56 Å². The van der Waals surface area contributed by atoms with E-state index in [1.165, 1.54) is 12.1 Å². The maximum Gasteiger partial charge on any atom is 0.446 e. The summed E-state index contributed by atoms with van der Waals surface area (Å²) in [5, 5.41) is 8.61. The molecule has 6 nitrogen and oxygen atoms in total. The van der Waals surface area contributed by atoms with Crippen molar-refractivity contribution in [3.63, 3.8) is 0 Å². The molecule has 2 N–H and O–H groups in total. The molecule has 0 aliphatic heterocycles. The van der Waals surface area contributed by atoms with Crippen molar-refractivity contribution < 1.29 is 27.1 Å². The fourth-order valence-electron chi connectivity index (χ4n) is 0.829. The molecule has 77 valence electrons. The third kappa shape index (κ3) is 4.63. The molecule has 0 fully saturated rings. The summed E-state index contributed by atoms with van der Waals surface area (Å²) in [6, 6.07) is 5.06. The van der Waals surface area contributed by atoms with Gasteiger partial charge in [-0.2, -0.15) is 8.42 Å². The fourth-order valence-corrected chi connectivity index (χ4v) is 1.20. The summed E-state index contributed by atoms with van der Waals surface area (Å²) in [5.74, 6) is -1.77. The number of carbonyl (C=O) groups is 1. The Hall–Kier alpha value is -0.600. The van der Waals surface area contributed by atoms with Gasteiger partial charge >= 0.3 is 16.4 Å². The third-order valence-corrected chi connectivity index (χ3v) is 1.70. The molecule has 0 unspecified atom stereocenters. The van der Waals surface area contributed by atoms with Crippen LogP contribution < -0.4 is 4.18 Å². The maximum absolute atomic E-state index is 10.6. The Kier molecular flexibility index (Phi) is 5.26. The average Bonchev–Trinajstić information content (AvgIpc) is 2.01. The van der Waals surface area contributed by atoms with E-state index in [1.807, 2.05) is 0 Å². The van der Waals surface area contributed by atoms with Crippen LogP contribution in [0.1, 0.15) is 10.4 Å². The van der Waals surface area contributed by atoms with E-state index in [4.69, 9.17) is 9.66 Å². The minimum atomic E-state index is -4.70. The molecule has 0 aromatic heterocycles. The van der Waals surface area contributed by atoms with E-state index in [1.54, 1.807) is 0 Å². The Labute approximate surface area is 108 Å². The third-order valence-electron chi connectivity index (χ3n) is 1.31.